The van der Waals surface area contributed by atoms with Gasteiger partial charge in [0, 0.05) is 36.0 Å². The van der Waals surface area contributed by atoms with Crippen LogP contribution in [0.2, 0.25) is 0 Å². The number of rotatable bonds is 1. The van der Waals surface area contributed by atoms with Gasteiger partial charge in [-0.25, -0.2) is 0 Å². The Hall–Kier alpha value is -2.01. The number of hydrogen-bond donors (Lipinski definition) is 1. The van der Waals surface area contributed by atoms with E-state index in [1.54, 1.807) is 0 Å². The average molecular weight is 412 g/mol. The van der Waals surface area contributed by atoms with E-state index in [9.17, 15) is 9.90 Å². The third-order valence-electron chi connectivity index (χ3n) is 7.44. The zero-order chi connectivity index (χ0) is 21.0. The van der Waals surface area contributed by atoms with Gasteiger partial charge in [-0.1, -0.05) is 20.3 Å². The summed E-state index contributed by atoms with van der Waals surface area (Å²) in [6, 6.07) is 3.81. The van der Waals surface area contributed by atoms with Gasteiger partial charge in [0.1, 0.15) is 16.9 Å². The third kappa shape index (κ3) is 3.22. The Bertz CT molecular complexity index is 961. The lowest BCUT2D eigenvalue weighted by Crippen LogP contribution is -2.43. The standard InChI is InChI=1S/C25H33NO4/c1-15-11-16(2)14-26(13-15)24(28)23-17(3)21-19(29-23)7-8-20-22(21)18(27)12-25(30-20)9-5-4-6-10-25/h7-8,15-16,18,27H,4-6,9-14H2,1-3H3. The lowest BCUT2D eigenvalue weighted by molar-refractivity contribution is -0.0373. The molecule has 0 radical (unpaired) electrons. The maximum atomic E-state index is 13.3. The number of benzene rings is 1. The Labute approximate surface area is 178 Å². The first-order valence-electron chi connectivity index (χ1n) is 11.6. The molecule has 5 rings (SSSR count). The molecule has 0 bridgehead atoms. The molecule has 2 aromatic rings. The van der Waals surface area contributed by atoms with Crippen molar-refractivity contribution in [2.45, 2.75) is 77.4 Å². The highest BCUT2D eigenvalue weighted by molar-refractivity contribution is 6.00. The number of furan rings is 1. The second-order valence-electron chi connectivity index (χ2n) is 10.1. The number of piperidine rings is 1. The molecule has 3 aliphatic rings. The second-order valence-corrected chi connectivity index (χ2v) is 10.1. The molecule has 3 heterocycles. The van der Waals surface area contributed by atoms with Gasteiger partial charge in [0.15, 0.2) is 5.76 Å². The number of ether oxygens (including phenoxy) is 1. The lowest BCUT2D eigenvalue weighted by Gasteiger charge is -2.43. The van der Waals surface area contributed by atoms with Crippen molar-refractivity contribution in [2.75, 3.05) is 13.1 Å². The first-order chi connectivity index (χ1) is 14.4. The van der Waals surface area contributed by atoms with E-state index in [-0.39, 0.29) is 11.5 Å². The number of carbonyl (C=O) groups is 1. The molecule has 1 aromatic heterocycles. The van der Waals surface area contributed by atoms with Crippen LogP contribution in [0.5, 0.6) is 5.75 Å². The molecule has 1 amide bonds. The molecule has 5 nitrogen and oxygen atoms in total. The van der Waals surface area contributed by atoms with E-state index in [1.165, 1.54) is 6.42 Å². The normalized spacial score (nSPS) is 28.4. The van der Waals surface area contributed by atoms with Crippen molar-refractivity contribution in [3.8, 4) is 5.75 Å². The van der Waals surface area contributed by atoms with Crippen LogP contribution in [-0.2, 0) is 0 Å². The SMILES string of the molecule is Cc1c(C(=O)N2CC(C)CC(C)C2)oc2ccc3c(c12)C(O)CC1(CCCCC1)O3. The topological polar surface area (TPSA) is 62.9 Å². The third-order valence-corrected chi connectivity index (χ3v) is 7.44. The fraction of sp³-hybridized carbons (Fsp3) is 0.640. The Balaban J connectivity index is 1.53. The first kappa shape index (κ1) is 19.9. The molecule has 2 aliphatic heterocycles. The zero-order valence-electron chi connectivity index (χ0n) is 18.4. The van der Waals surface area contributed by atoms with Gasteiger partial charge in [-0.2, -0.15) is 0 Å². The fourth-order valence-corrected chi connectivity index (χ4v) is 6.18. The number of nitrogens with zero attached hydrogens (tertiary/aromatic N) is 1. The van der Waals surface area contributed by atoms with Gasteiger partial charge in [0.2, 0.25) is 0 Å². The summed E-state index contributed by atoms with van der Waals surface area (Å²) in [6.45, 7) is 7.88. The van der Waals surface area contributed by atoms with Crippen LogP contribution in [0.3, 0.4) is 0 Å². The van der Waals surface area contributed by atoms with Crippen LogP contribution in [0, 0.1) is 18.8 Å². The summed E-state index contributed by atoms with van der Waals surface area (Å²) in [7, 11) is 0. The summed E-state index contributed by atoms with van der Waals surface area (Å²) in [5, 5.41) is 12.0. The smallest absolute Gasteiger partial charge is 0.289 e. The minimum Gasteiger partial charge on any atom is -0.487 e. The van der Waals surface area contributed by atoms with Crippen molar-refractivity contribution in [3.05, 3.63) is 29.0 Å². The minimum absolute atomic E-state index is 0.0363. The summed E-state index contributed by atoms with van der Waals surface area (Å²) < 4.78 is 12.6. The lowest BCUT2D eigenvalue weighted by atomic mass is 9.77. The van der Waals surface area contributed by atoms with Crippen molar-refractivity contribution in [1.82, 2.24) is 4.90 Å². The van der Waals surface area contributed by atoms with Gasteiger partial charge in [0.25, 0.3) is 5.91 Å². The summed E-state index contributed by atoms with van der Waals surface area (Å²) in [4.78, 5) is 15.2. The number of likely N-dealkylation sites (tertiary alicyclic amines) is 1. The van der Waals surface area contributed by atoms with Crippen molar-refractivity contribution in [2.24, 2.45) is 11.8 Å². The van der Waals surface area contributed by atoms with Crippen molar-refractivity contribution < 1.29 is 19.1 Å². The number of aryl methyl sites for hydroxylation is 1. The van der Waals surface area contributed by atoms with Crippen molar-refractivity contribution >= 4 is 16.9 Å². The zero-order valence-corrected chi connectivity index (χ0v) is 18.4. The molecule has 162 valence electrons. The van der Waals surface area contributed by atoms with Crippen LogP contribution in [-0.4, -0.2) is 34.6 Å². The van der Waals surface area contributed by atoms with Gasteiger partial charge >= 0.3 is 0 Å². The fourth-order valence-electron chi connectivity index (χ4n) is 6.18. The monoisotopic (exact) mass is 411 g/mol. The van der Waals surface area contributed by atoms with Crippen molar-refractivity contribution in [1.29, 1.82) is 0 Å². The molecule has 30 heavy (non-hydrogen) atoms. The highest BCUT2D eigenvalue weighted by Crippen LogP contribution is 2.49. The van der Waals surface area contributed by atoms with Gasteiger partial charge < -0.3 is 19.2 Å². The summed E-state index contributed by atoms with van der Waals surface area (Å²) >= 11 is 0. The molecule has 1 spiro atoms. The molecule has 2 fully saturated rings. The number of carbonyl (C=O) groups excluding carboxylic acids is 1. The van der Waals surface area contributed by atoms with E-state index >= 15 is 0 Å². The van der Waals surface area contributed by atoms with Crippen LogP contribution >= 0.6 is 0 Å². The summed E-state index contributed by atoms with van der Waals surface area (Å²) in [5.41, 5.74) is 2.04. The van der Waals surface area contributed by atoms with Crippen LogP contribution in [0.1, 0.15) is 86.6 Å². The van der Waals surface area contributed by atoms with E-state index in [2.05, 4.69) is 13.8 Å². The average Bonchev–Trinajstić information content (AvgIpc) is 3.03. The van der Waals surface area contributed by atoms with E-state index < -0.39 is 6.10 Å². The van der Waals surface area contributed by atoms with Crippen molar-refractivity contribution in [3.63, 3.8) is 0 Å². The number of aliphatic hydroxyl groups excluding tert-OH is 1. The second kappa shape index (κ2) is 7.30. The minimum atomic E-state index is -0.593. The van der Waals surface area contributed by atoms with E-state index in [0.29, 0.717) is 29.6 Å². The Morgan fingerprint density at radius 3 is 2.53 bits per heavy atom. The molecule has 1 N–H and O–H groups in total. The largest absolute Gasteiger partial charge is 0.487 e. The van der Waals surface area contributed by atoms with E-state index in [1.807, 2.05) is 24.0 Å². The maximum absolute atomic E-state index is 13.3. The summed E-state index contributed by atoms with van der Waals surface area (Å²) in [5.74, 6) is 2.12. The molecular weight excluding hydrogens is 378 g/mol. The van der Waals surface area contributed by atoms with Gasteiger partial charge in [-0.3, -0.25) is 4.79 Å². The molecule has 1 saturated heterocycles. The Morgan fingerprint density at radius 2 is 1.83 bits per heavy atom. The maximum Gasteiger partial charge on any atom is 0.289 e. The van der Waals surface area contributed by atoms with Crippen LogP contribution in [0.4, 0.5) is 0 Å². The predicted octanol–water partition coefficient (Wildman–Crippen LogP) is 5.38. The molecule has 3 unspecified atom stereocenters. The highest BCUT2D eigenvalue weighted by Gasteiger charge is 2.43. The molecule has 1 aromatic carbocycles. The van der Waals surface area contributed by atoms with Gasteiger partial charge in [-0.05, 0) is 63.0 Å². The van der Waals surface area contributed by atoms with E-state index in [4.69, 9.17) is 9.15 Å². The van der Waals surface area contributed by atoms with Crippen LogP contribution < -0.4 is 4.74 Å². The molecule has 5 heteroatoms. The molecular formula is C25H33NO4. The van der Waals surface area contributed by atoms with Gasteiger partial charge in [-0.15, -0.1) is 0 Å². The summed E-state index contributed by atoms with van der Waals surface area (Å²) in [6.07, 6.45) is 6.73. The number of fused-ring (bicyclic) bond motifs is 3. The number of amides is 1. The Kier molecular flexibility index (Phi) is 4.85. The quantitative estimate of drug-likeness (QED) is 0.684. The Morgan fingerprint density at radius 1 is 1.13 bits per heavy atom. The van der Waals surface area contributed by atoms with Crippen LogP contribution in [0.25, 0.3) is 11.0 Å². The number of aliphatic hydroxyl groups is 1. The molecule has 3 atom stereocenters. The number of hydrogen-bond acceptors (Lipinski definition) is 4. The highest BCUT2D eigenvalue weighted by atomic mass is 16.5. The molecule has 1 saturated carbocycles. The van der Waals surface area contributed by atoms with Gasteiger partial charge in [0.05, 0.1) is 6.10 Å². The molecule has 1 aliphatic carbocycles. The predicted molar refractivity (Wildman–Crippen MR) is 116 cm³/mol. The van der Waals surface area contributed by atoms with Crippen LogP contribution in [0.15, 0.2) is 16.5 Å². The first-order valence-corrected chi connectivity index (χ1v) is 11.6. The van der Waals surface area contributed by atoms with E-state index in [0.717, 1.165) is 67.5 Å².